The van der Waals surface area contributed by atoms with Crippen LogP contribution in [0.4, 0.5) is 5.82 Å². The van der Waals surface area contributed by atoms with Crippen LogP contribution >= 0.6 is 0 Å². The van der Waals surface area contributed by atoms with Crippen molar-refractivity contribution in [1.29, 1.82) is 0 Å². The number of aromatic nitrogens is 2. The molecule has 1 aromatic heterocycles. The zero-order valence-electron chi connectivity index (χ0n) is 17.6. The third-order valence-corrected chi connectivity index (χ3v) is 7.01. The van der Waals surface area contributed by atoms with Gasteiger partial charge in [0.2, 0.25) is 0 Å². The number of likely N-dealkylation sites (tertiary alicyclic amines) is 1. The lowest BCUT2D eigenvalue weighted by Gasteiger charge is -2.34. The first-order valence-electron chi connectivity index (χ1n) is 11.2. The van der Waals surface area contributed by atoms with Crippen molar-refractivity contribution in [3.8, 4) is 6.01 Å². The SMILES string of the molecule is C=c1nc(OCC2(CN3CCCC3)CC2)nc(N2CC3CCC(C2)N3)/c1=C/NC. The molecule has 4 fully saturated rings. The van der Waals surface area contributed by atoms with Gasteiger partial charge in [0.1, 0.15) is 5.82 Å². The lowest BCUT2D eigenvalue weighted by molar-refractivity contribution is 0.169. The van der Waals surface area contributed by atoms with Crippen molar-refractivity contribution in [2.45, 2.75) is 50.6 Å². The van der Waals surface area contributed by atoms with Crippen LogP contribution in [0.3, 0.4) is 0 Å². The topological polar surface area (TPSA) is 65.5 Å². The minimum absolute atomic E-state index is 0.305. The Kier molecular flexibility index (Phi) is 5.12. The summed E-state index contributed by atoms with van der Waals surface area (Å²) in [5, 5.41) is 8.53. The standard InChI is InChI=1S/C22H34N6O/c1-16-19(11-23-2)20(28-12-17-5-6-18(13-28)25-17)26-21(24-16)29-15-22(7-8-22)14-27-9-3-4-10-27/h11,17-18,23,25H,1,3-10,12-15H2,2H3/b19-11+. The Labute approximate surface area is 173 Å². The summed E-state index contributed by atoms with van der Waals surface area (Å²) in [4.78, 5) is 14.5. The van der Waals surface area contributed by atoms with Gasteiger partial charge in [0.15, 0.2) is 0 Å². The fraction of sp³-hybridized carbons (Fsp3) is 0.727. The number of piperazine rings is 1. The van der Waals surface area contributed by atoms with E-state index in [0.29, 0.717) is 30.1 Å². The molecular weight excluding hydrogens is 364 g/mol. The number of rotatable bonds is 7. The van der Waals surface area contributed by atoms with Crippen LogP contribution in [0.2, 0.25) is 0 Å². The quantitative estimate of drug-likeness (QED) is 0.672. The molecule has 1 aliphatic carbocycles. The van der Waals surface area contributed by atoms with Gasteiger partial charge in [0.05, 0.1) is 17.2 Å². The molecule has 2 atom stereocenters. The van der Waals surface area contributed by atoms with Crippen LogP contribution < -0.4 is 30.8 Å². The van der Waals surface area contributed by atoms with E-state index in [1.54, 1.807) is 0 Å². The van der Waals surface area contributed by atoms with Gasteiger partial charge in [-0.1, -0.05) is 6.58 Å². The maximum atomic E-state index is 6.19. The first-order valence-corrected chi connectivity index (χ1v) is 11.2. The molecule has 29 heavy (non-hydrogen) atoms. The third-order valence-electron chi connectivity index (χ3n) is 7.01. The number of nitrogens with one attached hydrogen (secondary N) is 2. The fourth-order valence-corrected chi connectivity index (χ4v) is 5.21. The molecule has 4 heterocycles. The van der Waals surface area contributed by atoms with Crippen molar-refractivity contribution in [1.82, 2.24) is 25.5 Å². The highest BCUT2D eigenvalue weighted by Crippen LogP contribution is 2.46. The van der Waals surface area contributed by atoms with Crippen molar-refractivity contribution < 1.29 is 4.74 Å². The maximum Gasteiger partial charge on any atom is 0.318 e. The highest BCUT2D eigenvalue weighted by atomic mass is 16.5. The van der Waals surface area contributed by atoms with E-state index >= 15 is 0 Å². The Morgan fingerprint density at radius 1 is 1.21 bits per heavy atom. The van der Waals surface area contributed by atoms with Gasteiger partial charge in [-0.15, -0.1) is 0 Å². The fourth-order valence-electron chi connectivity index (χ4n) is 5.21. The number of nitrogens with zero attached hydrogens (tertiary/aromatic N) is 4. The monoisotopic (exact) mass is 398 g/mol. The lowest BCUT2D eigenvalue weighted by Crippen LogP contribution is -2.53. The molecule has 0 aromatic carbocycles. The van der Waals surface area contributed by atoms with E-state index in [1.807, 2.05) is 13.2 Å². The summed E-state index contributed by atoms with van der Waals surface area (Å²) in [6.45, 7) is 10.5. The maximum absolute atomic E-state index is 6.19. The van der Waals surface area contributed by atoms with E-state index in [0.717, 1.165) is 36.0 Å². The van der Waals surface area contributed by atoms with Crippen molar-refractivity contribution in [2.75, 3.05) is 51.3 Å². The van der Waals surface area contributed by atoms with Crippen LogP contribution in [0.5, 0.6) is 6.01 Å². The average molecular weight is 399 g/mol. The average Bonchev–Trinajstić information content (AvgIpc) is 3.11. The normalized spacial score (nSPS) is 28.7. The summed E-state index contributed by atoms with van der Waals surface area (Å²) in [7, 11) is 1.91. The molecule has 3 aliphatic heterocycles. The van der Waals surface area contributed by atoms with Crippen LogP contribution in [0.1, 0.15) is 38.5 Å². The molecular formula is C22H34N6O. The number of anilines is 1. The number of hydrogen-bond acceptors (Lipinski definition) is 7. The molecule has 1 saturated carbocycles. The highest BCUT2D eigenvalue weighted by Gasteiger charge is 2.45. The largest absolute Gasteiger partial charge is 0.463 e. The predicted octanol–water partition coefficient (Wildman–Crippen LogP) is 0.0397. The number of hydrogen-bond donors (Lipinski definition) is 2. The molecule has 2 N–H and O–H groups in total. The van der Waals surface area contributed by atoms with Gasteiger partial charge in [0, 0.05) is 50.4 Å². The Bertz CT molecular complexity index is 836. The zero-order valence-corrected chi connectivity index (χ0v) is 17.6. The molecule has 2 unspecified atom stereocenters. The van der Waals surface area contributed by atoms with Crippen LogP contribution in [0.15, 0.2) is 0 Å². The molecule has 0 spiro atoms. The van der Waals surface area contributed by atoms with Crippen molar-refractivity contribution >= 4 is 18.6 Å². The summed E-state index contributed by atoms with van der Waals surface area (Å²) in [6, 6.07) is 1.59. The molecule has 4 aliphatic rings. The smallest absolute Gasteiger partial charge is 0.318 e. The number of ether oxygens (including phenoxy) is 1. The van der Waals surface area contributed by atoms with Gasteiger partial charge >= 0.3 is 6.01 Å². The summed E-state index contributed by atoms with van der Waals surface area (Å²) in [6.07, 6.45) is 9.63. The van der Waals surface area contributed by atoms with Gasteiger partial charge in [-0.25, -0.2) is 0 Å². The third kappa shape index (κ3) is 4.08. The van der Waals surface area contributed by atoms with Gasteiger partial charge in [0.25, 0.3) is 0 Å². The summed E-state index contributed by atoms with van der Waals surface area (Å²) in [5.41, 5.74) is 0.305. The molecule has 158 valence electrons. The van der Waals surface area contributed by atoms with Crippen LogP contribution in [0.25, 0.3) is 12.8 Å². The molecule has 7 nitrogen and oxygen atoms in total. The molecule has 1 aromatic rings. The molecule has 2 bridgehead atoms. The van der Waals surface area contributed by atoms with Crippen LogP contribution in [-0.2, 0) is 0 Å². The Morgan fingerprint density at radius 2 is 1.93 bits per heavy atom. The molecule has 5 rings (SSSR count). The van der Waals surface area contributed by atoms with Crippen LogP contribution in [-0.4, -0.2) is 73.3 Å². The first kappa shape index (κ1) is 19.1. The predicted molar refractivity (Wildman–Crippen MR) is 115 cm³/mol. The lowest BCUT2D eigenvalue weighted by atomic mass is 10.1. The minimum Gasteiger partial charge on any atom is -0.463 e. The number of fused-ring (bicyclic) bond motifs is 2. The van der Waals surface area contributed by atoms with E-state index in [4.69, 9.17) is 9.72 Å². The zero-order chi connectivity index (χ0) is 19.8. The molecule has 3 saturated heterocycles. The van der Waals surface area contributed by atoms with Gasteiger partial charge < -0.3 is 25.2 Å². The second-order valence-corrected chi connectivity index (χ2v) is 9.44. The van der Waals surface area contributed by atoms with Gasteiger partial charge in [-0.2, -0.15) is 9.97 Å². The first-order chi connectivity index (χ1) is 14.1. The van der Waals surface area contributed by atoms with E-state index in [1.165, 1.54) is 51.6 Å². The molecule has 0 amide bonds. The van der Waals surface area contributed by atoms with Crippen molar-refractivity contribution in [3.05, 3.63) is 10.6 Å². The molecule has 0 radical (unpaired) electrons. The Morgan fingerprint density at radius 3 is 2.59 bits per heavy atom. The van der Waals surface area contributed by atoms with E-state index < -0.39 is 0 Å². The van der Waals surface area contributed by atoms with Crippen molar-refractivity contribution in [3.63, 3.8) is 0 Å². The van der Waals surface area contributed by atoms with Crippen molar-refractivity contribution in [2.24, 2.45) is 5.41 Å². The molecule has 7 heteroatoms. The Balaban J connectivity index is 1.34. The van der Waals surface area contributed by atoms with Crippen LogP contribution in [0, 0.1) is 5.41 Å². The van der Waals surface area contributed by atoms with Gasteiger partial charge in [-0.3, -0.25) is 0 Å². The second kappa shape index (κ2) is 7.76. The minimum atomic E-state index is 0.305. The van der Waals surface area contributed by atoms with Gasteiger partial charge in [-0.05, 0) is 51.6 Å². The van der Waals surface area contributed by atoms with E-state index in [-0.39, 0.29) is 0 Å². The summed E-state index contributed by atoms with van der Waals surface area (Å²) >= 11 is 0. The summed E-state index contributed by atoms with van der Waals surface area (Å²) < 4.78 is 6.19. The second-order valence-electron chi connectivity index (χ2n) is 9.44. The van der Waals surface area contributed by atoms with E-state index in [2.05, 4.69) is 32.0 Å². The van der Waals surface area contributed by atoms with E-state index in [9.17, 15) is 0 Å². The highest BCUT2D eigenvalue weighted by molar-refractivity contribution is 5.47. The summed E-state index contributed by atoms with van der Waals surface area (Å²) in [5.74, 6) is 0.956. The Hall–Kier alpha value is -1.86.